The minimum Gasteiger partial charge on any atom is -0.447 e. The Balaban J connectivity index is 1.59. The number of carbonyl (C=O) groups is 2. The number of hydrogen-bond acceptors (Lipinski definition) is 5. The van der Waals surface area contributed by atoms with Crippen molar-refractivity contribution in [2.45, 2.75) is 19.5 Å². The lowest BCUT2D eigenvalue weighted by Gasteiger charge is -2.07. The van der Waals surface area contributed by atoms with Crippen LogP contribution in [0.5, 0.6) is 0 Å². The predicted molar refractivity (Wildman–Crippen MR) is 102 cm³/mol. The molecule has 1 atom stereocenters. The number of ether oxygens (including phenoxy) is 1. The largest absolute Gasteiger partial charge is 0.447 e. The second kappa shape index (κ2) is 7.51. The van der Waals surface area contributed by atoms with E-state index >= 15 is 0 Å². The molecule has 3 N–H and O–H groups in total. The number of H-pyrrole nitrogens is 1. The molecule has 3 heterocycles. The highest BCUT2D eigenvalue weighted by atomic mass is 16.6. The lowest BCUT2D eigenvalue weighted by molar-refractivity contribution is -0.123. The van der Waals surface area contributed by atoms with E-state index in [1.807, 2.05) is 49.4 Å². The third-order valence-electron chi connectivity index (χ3n) is 4.42. The van der Waals surface area contributed by atoms with E-state index in [1.54, 1.807) is 6.20 Å². The topological polar surface area (TPSA) is 109 Å². The molecule has 0 aliphatic carbocycles. The van der Waals surface area contributed by atoms with Gasteiger partial charge in [-0.2, -0.15) is 0 Å². The zero-order chi connectivity index (χ0) is 19.5. The van der Waals surface area contributed by atoms with E-state index in [2.05, 4.69) is 25.6 Å². The summed E-state index contributed by atoms with van der Waals surface area (Å²) in [4.78, 5) is 35.6. The normalized spacial score (nSPS) is 15.8. The fourth-order valence-corrected chi connectivity index (χ4v) is 2.94. The molecule has 28 heavy (non-hydrogen) atoms. The van der Waals surface area contributed by atoms with E-state index in [-0.39, 0.29) is 19.1 Å². The minimum atomic E-state index is -0.686. The van der Waals surface area contributed by atoms with Crippen LogP contribution in [-0.2, 0) is 16.1 Å². The molecule has 2 aromatic heterocycles. The van der Waals surface area contributed by atoms with Crippen LogP contribution in [0.3, 0.4) is 0 Å². The monoisotopic (exact) mass is 377 g/mol. The second-order valence-corrected chi connectivity index (χ2v) is 6.50. The smallest absolute Gasteiger partial charge is 0.407 e. The number of aromatic nitrogens is 3. The fourth-order valence-electron chi connectivity index (χ4n) is 2.94. The highest BCUT2D eigenvalue weighted by molar-refractivity contribution is 5.87. The van der Waals surface area contributed by atoms with Crippen molar-refractivity contribution in [1.82, 2.24) is 25.6 Å². The Bertz CT molecular complexity index is 998. The van der Waals surface area contributed by atoms with E-state index in [0.717, 1.165) is 28.2 Å². The predicted octanol–water partition coefficient (Wildman–Crippen LogP) is 2.17. The molecule has 0 saturated carbocycles. The first-order valence-corrected chi connectivity index (χ1v) is 8.88. The first kappa shape index (κ1) is 17.7. The Morgan fingerprint density at radius 2 is 2.07 bits per heavy atom. The maximum atomic E-state index is 12.2. The van der Waals surface area contributed by atoms with Gasteiger partial charge in [0.1, 0.15) is 18.5 Å². The summed E-state index contributed by atoms with van der Waals surface area (Å²) in [5.74, 6) is 0.272. The number of cyclic esters (lactones) is 1. The summed E-state index contributed by atoms with van der Waals surface area (Å²) >= 11 is 0. The summed E-state index contributed by atoms with van der Waals surface area (Å²) in [6.07, 6.45) is 1.14. The standard InChI is InChI=1S/C20H19N5O3/c1-12-5-7-13(8-6-12)17-18(14-4-2-3-9-21-14)25-16(24-17)10-22-19(26)15-11-28-20(27)23-15/h2-9,15H,10-11H2,1H3,(H,22,26)(H,23,27)(H,24,25)/t15-/m0/s1. The van der Waals surface area contributed by atoms with Crippen LogP contribution < -0.4 is 10.6 Å². The summed E-state index contributed by atoms with van der Waals surface area (Å²) in [5, 5.41) is 5.22. The summed E-state index contributed by atoms with van der Waals surface area (Å²) < 4.78 is 4.74. The van der Waals surface area contributed by atoms with Gasteiger partial charge in [-0.15, -0.1) is 0 Å². The lowest BCUT2D eigenvalue weighted by Crippen LogP contribution is -2.42. The first-order chi connectivity index (χ1) is 13.6. The van der Waals surface area contributed by atoms with Gasteiger partial charge in [-0.1, -0.05) is 35.9 Å². The number of carbonyl (C=O) groups excluding carboxylic acids is 2. The molecule has 1 fully saturated rings. The average Bonchev–Trinajstić information content (AvgIpc) is 3.34. The van der Waals surface area contributed by atoms with Crippen LogP contribution in [0, 0.1) is 6.92 Å². The molecule has 3 aromatic rings. The van der Waals surface area contributed by atoms with Crippen molar-refractivity contribution in [3.8, 4) is 22.6 Å². The molecule has 1 aromatic carbocycles. The molecular formula is C20H19N5O3. The van der Waals surface area contributed by atoms with Crippen molar-refractivity contribution in [2.24, 2.45) is 0 Å². The number of amides is 2. The number of nitrogens with zero attached hydrogens (tertiary/aromatic N) is 2. The number of aryl methyl sites for hydroxylation is 1. The zero-order valence-corrected chi connectivity index (χ0v) is 15.2. The first-order valence-electron chi connectivity index (χ1n) is 8.88. The number of hydrogen-bond donors (Lipinski definition) is 3. The number of pyridine rings is 1. The number of nitrogens with one attached hydrogen (secondary N) is 3. The molecule has 2 amide bonds. The lowest BCUT2D eigenvalue weighted by atomic mass is 10.1. The fraction of sp³-hybridized carbons (Fsp3) is 0.200. The summed E-state index contributed by atoms with van der Waals surface area (Å²) in [5.41, 5.74) is 4.43. The van der Waals surface area contributed by atoms with Gasteiger partial charge in [0, 0.05) is 11.8 Å². The van der Waals surface area contributed by atoms with Crippen LogP contribution >= 0.6 is 0 Å². The van der Waals surface area contributed by atoms with Crippen molar-refractivity contribution in [2.75, 3.05) is 6.61 Å². The molecule has 0 radical (unpaired) electrons. The maximum Gasteiger partial charge on any atom is 0.407 e. The van der Waals surface area contributed by atoms with Gasteiger partial charge in [0.25, 0.3) is 0 Å². The maximum absolute atomic E-state index is 12.2. The molecule has 1 aliphatic heterocycles. The second-order valence-electron chi connectivity index (χ2n) is 6.50. The number of benzene rings is 1. The van der Waals surface area contributed by atoms with Crippen LogP contribution in [0.15, 0.2) is 48.7 Å². The minimum absolute atomic E-state index is 0.0244. The summed E-state index contributed by atoms with van der Waals surface area (Å²) in [7, 11) is 0. The van der Waals surface area contributed by atoms with Crippen LogP contribution in [0.4, 0.5) is 4.79 Å². The van der Waals surface area contributed by atoms with E-state index in [1.165, 1.54) is 0 Å². The van der Waals surface area contributed by atoms with Crippen molar-refractivity contribution < 1.29 is 14.3 Å². The Kier molecular flexibility index (Phi) is 4.76. The SMILES string of the molecule is Cc1ccc(-c2nc(CNC(=O)[C@@H]3COC(=O)N3)[nH]c2-c2ccccn2)cc1. The van der Waals surface area contributed by atoms with Crippen molar-refractivity contribution in [3.05, 3.63) is 60.0 Å². The van der Waals surface area contributed by atoms with Gasteiger partial charge in [-0.25, -0.2) is 9.78 Å². The van der Waals surface area contributed by atoms with Crippen molar-refractivity contribution >= 4 is 12.0 Å². The molecule has 4 rings (SSSR count). The quantitative estimate of drug-likeness (QED) is 0.631. The van der Waals surface area contributed by atoms with E-state index < -0.39 is 12.1 Å². The number of aromatic amines is 1. The highest BCUT2D eigenvalue weighted by Crippen LogP contribution is 2.29. The van der Waals surface area contributed by atoms with Gasteiger partial charge in [0.15, 0.2) is 0 Å². The molecule has 0 spiro atoms. The van der Waals surface area contributed by atoms with Crippen LogP contribution in [0.2, 0.25) is 0 Å². The number of imidazole rings is 1. The zero-order valence-electron chi connectivity index (χ0n) is 15.2. The van der Waals surface area contributed by atoms with Crippen LogP contribution in [-0.4, -0.2) is 39.6 Å². The highest BCUT2D eigenvalue weighted by Gasteiger charge is 2.28. The van der Waals surface area contributed by atoms with Crippen LogP contribution in [0.25, 0.3) is 22.6 Å². The van der Waals surface area contributed by atoms with Crippen LogP contribution in [0.1, 0.15) is 11.4 Å². The summed E-state index contributed by atoms with van der Waals surface area (Å²) in [6, 6.07) is 13.0. The summed E-state index contributed by atoms with van der Waals surface area (Å²) in [6.45, 7) is 2.24. The molecule has 1 saturated heterocycles. The van der Waals surface area contributed by atoms with Gasteiger partial charge in [-0.3, -0.25) is 9.78 Å². The Labute approximate surface area is 161 Å². The van der Waals surface area contributed by atoms with E-state index in [9.17, 15) is 9.59 Å². The van der Waals surface area contributed by atoms with Gasteiger partial charge < -0.3 is 20.4 Å². The molecule has 0 bridgehead atoms. The average molecular weight is 377 g/mol. The molecule has 8 nitrogen and oxygen atoms in total. The van der Waals surface area contributed by atoms with Gasteiger partial charge in [0.05, 0.1) is 23.6 Å². The Hall–Kier alpha value is -3.68. The number of rotatable bonds is 5. The molecule has 1 aliphatic rings. The van der Waals surface area contributed by atoms with E-state index in [0.29, 0.717) is 5.82 Å². The Morgan fingerprint density at radius 3 is 2.75 bits per heavy atom. The van der Waals surface area contributed by atoms with Gasteiger partial charge in [-0.05, 0) is 19.1 Å². The van der Waals surface area contributed by atoms with Gasteiger partial charge in [0.2, 0.25) is 5.91 Å². The third-order valence-corrected chi connectivity index (χ3v) is 4.42. The third kappa shape index (κ3) is 3.71. The Morgan fingerprint density at radius 1 is 1.25 bits per heavy atom. The molecule has 8 heteroatoms. The molecule has 142 valence electrons. The van der Waals surface area contributed by atoms with Crippen molar-refractivity contribution in [1.29, 1.82) is 0 Å². The van der Waals surface area contributed by atoms with Crippen molar-refractivity contribution in [3.63, 3.8) is 0 Å². The number of alkyl carbamates (subject to hydrolysis) is 1. The van der Waals surface area contributed by atoms with Gasteiger partial charge >= 0.3 is 6.09 Å². The molecule has 0 unspecified atom stereocenters. The van der Waals surface area contributed by atoms with E-state index in [4.69, 9.17) is 4.74 Å². The molecular weight excluding hydrogens is 358 g/mol.